The first-order valence-corrected chi connectivity index (χ1v) is 7.64. The van der Waals surface area contributed by atoms with Crippen LogP contribution < -0.4 is 5.32 Å². The van der Waals surface area contributed by atoms with E-state index < -0.39 is 0 Å². The van der Waals surface area contributed by atoms with Gasteiger partial charge in [0.25, 0.3) is 5.91 Å². The zero-order valence-electron chi connectivity index (χ0n) is 11.8. The maximum atomic E-state index is 12.2. The first kappa shape index (κ1) is 13.0. The van der Waals surface area contributed by atoms with E-state index in [4.69, 9.17) is 0 Å². The van der Waals surface area contributed by atoms with Crippen molar-refractivity contribution in [3.8, 4) is 0 Å². The Balaban J connectivity index is 1.76. The Morgan fingerprint density at radius 3 is 2.82 bits per heavy atom. The number of amides is 1. The van der Waals surface area contributed by atoms with Crippen molar-refractivity contribution in [3.05, 3.63) is 53.7 Å². The first-order chi connectivity index (χ1) is 10.7. The first-order valence-electron chi connectivity index (χ1n) is 6.83. The maximum absolute atomic E-state index is 12.2. The van der Waals surface area contributed by atoms with Gasteiger partial charge in [-0.1, -0.05) is 18.2 Å². The molecule has 0 aliphatic heterocycles. The lowest BCUT2D eigenvalue weighted by Crippen LogP contribution is -2.11. The standard InChI is InChI=1S/C16H12N4OS/c1-9-7-8-11-12-13(22-16(11)17-9)14(20-19-12)18-15(21)10-5-3-2-4-6-10/h2-8H,1H3,(H2,18,19,20,21). The number of hydrogen-bond donors (Lipinski definition) is 2. The Morgan fingerprint density at radius 2 is 2.00 bits per heavy atom. The highest BCUT2D eigenvalue weighted by molar-refractivity contribution is 7.26. The van der Waals surface area contributed by atoms with Gasteiger partial charge in [0, 0.05) is 16.6 Å². The molecule has 3 heterocycles. The Hall–Kier alpha value is -2.73. The highest BCUT2D eigenvalue weighted by atomic mass is 32.1. The molecule has 5 nitrogen and oxygen atoms in total. The van der Waals surface area contributed by atoms with E-state index in [1.165, 1.54) is 11.3 Å². The topological polar surface area (TPSA) is 70.7 Å². The second-order valence-electron chi connectivity index (χ2n) is 5.00. The van der Waals surface area contributed by atoms with Gasteiger partial charge in [-0.15, -0.1) is 11.3 Å². The molecule has 4 aromatic rings. The Morgan fingerprint density at radius 1 is 1.18 bits per heavy atom. The number of fused-ring (bicyclic) bond motifs is 3. The molecule has 1 aromatic carbocycles. The highest BCUT2D eigenvalue weighted by Crippen LogP contribution is 2.35. The van der Waals surface area contributed by atoms with E-state index in [1.807, 2.05) is 37.3 Å². The fourth-order valence-electron chi connectivity index (χ4n) is 2.37. The van der Waals surface area contributed by atoms with Crippen LogP contribution in [0, 0.1) is 6.92 Å². The van der Waals surface area contributed by atoms with Crippen LogP contribution in [0.1, 0.15) is 16.1 Å². The number of H-pyrrole nitrogens is 1. The van der Waals surface area contributed by atoms with E-state index in [1.54, 1.807) is 12.1 Å². The second-order valence-corrected chi connectivity index (χ2v) is 6.00. The molecule has 0 bridgehead atoms. The number of carbonyl (C=O) groups is 1. The number of thiophene rings is 1. The number of nitrogens with one attached hydrogen (secondary N) is 2. The normalized spacial score (nSPS) is 11.1. The number of anilines is 1. The number of rotatable bonds is 2. The molecule has 22 heavy (non-hydrogen) atoms. The van der Waals surface area contributed by atoms with Crippen LogP contribution >= 0.6 is 11.3 Å². The quantitative estimate of drug-likeness (QED) is 0.592. The van der Waals surface area contributed by atoms with Gasteiger partial charge in [0.15, 0.2) is 5.82 Å². The van der Waals surface area contributed by atoms with Crippen molar-refractivity contribution in [2.75, 3.05) is 5.32 Å². The molecule has 1 amide bonds. The van der Waals surface area contributed by atoms with Crippen LogP contribution in [-0.2, 0) is 0 Å². The summed E-state index contributed by atoms with van der Waals surface area (Å²) in [7, 11) is 0. The fourth-order valence-corrected chi connectivity index (χ4v) is 3.48. The van der Waals surface area contributed by atoms with Gasteiger partial charge < -0.3 is 5.32 Å². The molecule has 2 N–H and O–H groups in total. The summed E-state index contributed by atoms with van der Waals surface area (Å²) >= 11 is 1.53. The number of carbonyl (C=O) groups excluding carboxylic acids is 1. The van der Waals surface area contributed by atoms with Crippen molar-refractivity contribution in [1.29, 1.82) is 0 Å². The van der Waals surface area contributed by atoms with Crippen LogP contribution in [-0.4, -0.2) is 21.1 Å². The van der Waals surface area contributed by atoms with Gasteiger partial charge in [-0.05, 0) is 31.2 Å². The van der Waals surface area contributed by atoms with E-state index in [0.29, 0.717) is 11.4 Å². The number of benzene rings is 1. The van der Waals surface area contributed by atoms with E-state index in [-0.39, 0.29) is 5.91 Å². The number of aromatic amines is 1. The van der Waals surface area contributed by atoms with Crippen molar-refractivity contribution in [2.45, 2.75) is 6.92 Å². The number of aryl methyl sites for hydroxylation is 1. The summed E-state index contributed by atoms with van der Waals surface area (Å²) < 4.78 is 0.914. The van der Waals surface area contributed by atoms with Gasteiger partial charge in [0.2, 0.25) is 0 Å². The predicted octanol–water partition coefficient (Wildman–Crippen LogP) is 3.73. The largest absolute Gasteiger partial charge is 0.304 e. The van der Waals surface area contributed by atoms with Crippen molar-refractivity contribution in [1.82, 2.24) is 15.2 Å². The van der Waals surface area contributed by atoms with Crippen LogP contribution in [0.15, 0.2) is 42.5 Å². The van der Waals surface area contributed by atoms with Gasteiger partial charge >= 0.3 is 0 Å². The molecular formula is C16H12N4OS. The molecule has 6 heteroatoms. The van der Waals surface area contributed by atoms with Crippen molar-refractivity contribution in [3.63, 3.8) is 0 Å². The van der Waals surface area contributed by atoms with Crippen molar-refractivity contribution in [2.24, 2.45) is 0 Å². The van der Waals surface area contributed by atoms with Gasteiger partial charge in [-0.2, -0.15) is 5.10 Å². The molecule has 0 radical (unpaired) electrons. The minimum absolute atomic E-state index is 0.171. The summed E-state index contributed by atoms with van der Waals surface area (Å²) in [5.74, 6) is 0.375. The molecule has 0 spiro atoms. The minimum Gasteiger partial charge on any atom is -0.304 e. The zero-order valence-corrected chi connectivity index (χ0v) is 12.6. The molecule has 0 aliphatic rings. The molecular weight excluding hydrogens is 296 g/mol. The average molecular weight is 308 g/mol. The smallest absolute Gasteiger partial charge is 0.256 e. The van der Waals surface area contributed by atoms with Gasteiger partial charge in [-0.25, -0.2) is 4.98 Å². The molecule has 0 aliphatic carbocycles. The lowest BCUT2D eigenvalue weighted by atomic mass is 10.2. The minimum atomic E-state index is -0.171. The third-order valence-corrected chi connectivity index (χ3v) is 4.56. The lowest BCUT2D eigenvalue weighted by molar-refractivity contribution is 0.102. The monoisotopic (exact) mass is 308 g/mol. The Bertz CT molecular complexity index is 987. The average Bonchev–Trinajstić information content (AvgIpc) is 3.07. The third-order valence-electron chi connectivity index (χ3n) is 3.46. The number of pyridine rings is 1. The molecule has 4 rings (SSSR count). The van der Waals surface area contributed by atoms with E-state index in [9.17, 15) is 4.79 Å². The molecule has 0 saturated heterocycles. The molecule has 0 atom stereocenters. The molecule has 3 aromatic heterocycles. The number of nitrogens with zero attached hydrogens (tertiary/aromatic N) is 2. The van der Waals surface area contributed by atoms with Crippen LogP contribution in [0.2, 0.25) is 0 Å². The Kier molecular flexibility index (Phi) is 2.90. The van der Waals surface area contributed by atoms with E-state index in [2.05, 4.69) is 20.5 Å². The van der Waals surface area contributed by atoms with Crippen molar-refractivity contribution >= 4 is 43.5 Å². The summed E-state index contributed by atoms with van der Waals surface area (Å²) in [4.78, 5) is 17.7. The zero-order chi connectivity index (χ0) is 15.1. The summed E-state index contributed by atoms with van der Waals surface area (Å²) in [6.45, 7) is 1.96. The fraction of sp³-hybridized carbons (Fsp3) is 0.0625. The van der Waals surface area contributed by atoms with Crippen LogP contribution in [0.4, 0.5) is 5.82 Å². The SMILES string of the molecule is Cc1ccc2c(n1)sc1c(NC(=O)c3ccccc3)n[nH]c12. The third kappa shape index (κ3) is 2.05. The van der Waals surface area contributed by atoms with Crippen LogP contribution in [0.25, 0.3) is 20.4 Å². The van der Waals surface area contributed by atoms with E-state index in [0.717, 1.165) is 26.1 Å². The van der Waals surface area contributed by atoms with Gasteiger partial charge in [-0.3, -0.25) is 9.89 Å². The lowest BCUT2D eigenvalue weighted by Gasteiger charge is -2.01. The predicted molar refractivity (Wildman–Crippen MR) is 88.4 cm³/mol. The summed E-state index contributed by atoms with van der Waals surface area (Å²) in [6.07, 6.45) is 0. The van der Waals surface area contributed by atoms with Gasteiger partial charge in [0.05, 0.1) is 10.2 Å². The van der Waals surface area contributed by atoms with Crippen LogP contribution in [0.5, 0.6) is 0 Å². The summed E-state index contributed by atoms with van der Waals surface area (Å²) in [6, 6.07) is 13.1. The molecule has 108 valence electrons. The summed E-state index contributed by atoms with van der Waals surface area (Å²) in [5, 5.41) is 11.1. The van der Waals surface area contributed by atoms with Gasteiger partial charge in [0.1, 0.15) is 4.83 Å². The van der Waals surface area contributed by atoms with Crippen LogP contribution in [0.3, 0.4) is 0 Å². The molecule has 0 saturated carbocycles. The second kappa shape index (κ2) is 4.92. The van der Waals surface area contributed by atoms with Crippen molar-refractivity contribution < 1.29 is 4.79 Å². The maximum Gasteiger partial charge on any atom is 0.256 e. The number of hydrogen-bond acceptors (Lipinski definition) is 4. The summed E-state index contributed by atoms with van der Waals surface area (Å²) in [5.41, 5.74) is 2.49. The Labute approximate surface area is 130 Å². The highest BCUT2D eigenvalue weighted by Gasteiger charge is 2.16. The van der Waals surface area contributed by atoms with E-state index >= 15 is 0 Å². The molecule has 0 unspecified atom stereocenters. The molecule has 0 fully saturated rings. The number of aromatic nitrogens is 3.